The van der Waals surface area contributed by atoms with Crippen LogP contribution in [0.5, 0.6) is 0 Å². The lowest BCUT2D eigenvalue weighted by molar-refractivity contribution is -0.124. The molecule has 0 fully saturated rings. The van der Waals surface area contributed by atoms with E-state index < -0.39 is 12.1 Å². The number of hydrogen-bond donors (Lipinski definition) is 3. The summed E-state index contributed by atoms with van der Waals surface area (Å²) in [6.07, 6.45) is 1.53. The van der Waals surface area contributed by atoms with Crippen LogP contribution in [0.2, 0.25) is 0 Å². The predicted molar refractivity (Wildman–Crippen MR) is 65.5 cm³/mol. The summed E-state index contributed by atoms with van der Waals surface area (Å²) >= 11 is 0. The van der Waals surface area contributed by atoms with E-state index in [4.69, 9.17) is 10.5 Å². The number of nitrogens with one attached hydrogen (secondary N) is 2. The normalized spacial score (nSPS) is 13.8. The van der Waals surface area contributed by atoms with Crippen molar-refractivity contribution in [3.8, 4) is 0 Å². The van der Waals surface area contributed by atoms with Crippen LogP contribution in [0.1, 0.15) is 26.7 Å². The Morgan fingerprint density at radius 1 is 1.41 bits per heavy atom. The van der Waals surface area contributed by atoms with Crippen molar-refractivity contribution in [2.45, 2.75) is 32.7 Å². The Kier molecular flexibility index (Phi) is 8.13. The smallest absolute Gasteiger partial charge is 0.312 e. The molecule has 0 aromatic heterocycles. The maximum atomic E-state index is 11.8. The minimum atomic E-state index is -0.678. The molecule has 17 heavy (non-hydrogen) atoms. The van der Waals surface area contributed by atoms with E-state index in [1.54, 1.807) is 7.11 Å². The van der Waals surface area contributed by atoms with Gasteiger partial charge in [-0.2, -0.15) is 0 Å². The summed E-state index contributed by atoms with van der Waals surface area (Å²) in [7, 11) is 1.61. The zero-order valence-corrected chi connectivity index (χ0v) is 10.8. The fourth-order valence-corrected chi connectivity index (χ4v) is 1.39. The predicted octanol–water partition coefficient (Wildman–Crippen LogP) is 0.222. The van der Waals surface area contributed by atoms with Gasteiger partial charge in [-0.15, -0.1) is 0 Å². The molecule has 0 saturated heterocycles. The van der Waals surface area contributed by atoms with Crippen LogP contribution in [0, 0.1) is 5.92 Å². The number of ether oxygens (including phenoxy) is 1. The molecule has 0 heterocycles. The quantitative estimate of drug-likeness (QED) is 0.534. The van der Waals surface area contributed by atoms with Gasteiger partial charge in [0.2, 0.25) is 5.91 Å². The average molecular weight is 245 g/mol. The number of methoxy groups -OCH3 is 1. The first-order valence-corrected chi connectivity index (χ1v) is 5.85. The Morgan fingerprint density at radius 2 is 2.06 bits per heavy atom. The van der Waals surface area contributed by atoms with Crippen molar-refractivity contribution in [2.75, 3.05) is 20.3 Å². The average Bonchev–Trinajstić information content (AvgIpc) is 2.30. The number of rotatable bonds is 8. The van der Waals surface area contributed by atoms with E-state index in [1.165, 1.54) is 0 Å². The summed E-state index contributed by atoms with van der Waals surface area (Å²) in [5, 5.41) is 5.22. The minimum absolute atomic E-state index is 0.0462. The van der Waals surface area contributed by atoms with Gasteiger partial charge in [0.25, 0.3) is 0 Å². The van der Waals surface area contributed by atoms with E-state index in [2.05, 4.69) is 10.6 Å². The van der Waals surface area contributed by atoms with Gasteiger partial charge >= 0.3 is 6.03 Å². The van der Waals surface area contributed by atoms with Crippen molar-refractivity contribution in [1.82, 2.24) is 10.6 Å². The third-order valence-corrected chi connectivity index (χ3v) is 2.62. The van der Waals surface area contributed by atoms with Crippen molar-refractivity contribution in [2.24, 2.45) is 11.7 Å². The Balaban J connectivity index is 4.18. The molecule has 4 N–H and O–H groups in total. The number of amides is 3. The highest BCUT2D eigenvalue weighted by Gasteiger charge is 2.24. The Bertz CT molecular complexity index is 246. The highest BCUT2D eigenvalue weighted by Crippen LogP contribution is 2.07. The number of carbonyl (C=O) groups excluding carboxylic acids is 2. The van der Waals surface area contributed by atoms with Crippen LogP contribution >= 0.6 is 0 Å². The molecule has 0 aromatic rings. The molecule has 0 bridgehead atoms. The van der Waals surface area contributed by atoms with Gasteiger partial charge in [0.15, 0.2) is 0 Å². The number of nitrogens with two attached hydrogens (primary N) is 1. The zero-order valence-electron chi connectivity index (χ0n) is 10.8. The number of primary amides is 1. The van der Waals surface area contributed by atoms with Gasteiger partial charge in [-0.05, 0) is 12.3 Å². The lowest BCUT2D eigenvalue weighted by atomic mass is 9.98. The van der Waals surface area contributed by atoms with Crippen molar-refractivity contribution >= 4 is 11.9 Å². The highest BCUT2D eigenvalue weighted by atomic mass is 16.5. The Morgan fingerprint density at radius 3 is 2.53 bits per heavy atom. The van der Waals surface area contributed by atoms with Crippen molar-refractivity contribution in [1.29, 1.82) is 0 Å². The van der Waals surface area contributed by atoms with E-state index in [1.807, 2.05) is 13.8 Å². The molecular weight excluding hydrogens is 222 g/mol. The first kappa shape index (κ1) is 15.7. The molecule has 0 rings (SSSR count). The summed E-state index contributed by atoms with van der Waals surface area (Å²) in [5.41, 5.74) is 5.05. The second-order valence-electron chi connectivity index (χ2n) is 4.01. The van der Waals surface area contributed by atoms with E-state index in [9.17, 15) is 9.59 Å². The van der Waals surface area contributed by atoms with Gasteiger partial charge in [0, 0.05) is 20.3 Å². The minimum Gasteiger partial charge on any atom is -0.385 e. The van der Waals surface area contributed by atoms with Crippen molar-refractivity contribution in [3.63, 3.8) is 0 Å². The number of hydrogen-bond acceptors (Lipinski definition) is 3. The summed E-state index contributed by atoms with van der Waals surface area (Å²) in [6, 6.07) is -1.25. The van der Waals surface area contributed by atoms with Crippen molar-refractivity contribution < 1.29 is 14.3 Å². The monoisotopic (exact) mass is 245 g/mol. The second-order valence-corrected chi connectivity index (χ2v) is 4.01. The molecule has 6 nitrogen and oxygen atoms in total. The van der Waals surface area contributed by atoms with Crippen LogP contribution in [-0.2, 0) is 9.53 Å². The SMILES string of the molecule is CCC(C)C(NC(N)=O)C(=O)NCCCOC. The van der Waals surface area contributed by atoms with Gasteiger partial charge < -0.3 is 21.1 Å². The van der Waals surface area contributed by atoms with E-state index in [0.29, 0.717) is 13.2 Å². The number of urea groups is 1. The summed E-state index contributed by atoms with van der Waals surface area (Å²) in [4.78, 5) is 22.6. The molecule has 3 amide bonds. The van der Waals surface area contributed by atoms with Crippen LogP contribution in [0.15, 0.2) is 0 Å². The molecule has 0 aromatic carbocycles. The zero-order chi connectivity index (χ0) is 13.3. The Hall–Kier alpha value is -1.30. The van der Waals surface area contributed by atoms with Crippen LogP contribution < -0.4 is 16.4 Å². The molecule has 0 spiro atoms. The van der Waals surface area contributed by atoms with Gasteiger partial charge in [-0.1, -0.05) is 20.3 Å². The third-order valence-electron chi connectivity index (χ3n) is 2.62. The molecule has 0 aliphatic heterocycles. The fourth-order valence-electron chi connectivity index (χ4n) is 1.39. The molecule has 2 atom stereocenters. The molecule has 100 valence electrons. The summed E-state index contributed by atoms with van der Waals surface area (Å²) in [5.74, 6) is -0.154. The van der Waals surface area contributed by atoms with E-state index >= 15 is 0 Å². The highest BCUT2D eigenvalue weighted by molar-refractivity contribution is 5.86. The maximum absolute atomic E-state index is 11.8. The van der Waals surface area contributed by atoms with Gasteiger partial charge in [-0.3, -0.25) is 4.79 Å². The molecule has 2 unspecified atom stereocenters. The molecule has 0 aliphatic carbocycles. The molecule has 0 radical (unpaired) electrons. The van der Waals surface area contributed by atoms with Gasteiger partial charge in [0.1, 0.15) is 6.04 Å². The topological polar surface area (TPSA) is 93.5 Å². The fraction of sp³-hybridized carbons (Fsp3) is 0.818. The molecule has 0 saturated carbocycles. The molecular formula is C11H23N3O3. The molecule has 0 aliphatic rings. The van der Waals surface area contributed by atoms with Crippen LogP contribution in [0.25, 0.3) is 0 Å². The molecule has 6 heteroatoms. The first-order valence-electron chi connectivity index (χ1n) is 5.85. The standard InChI is InChI=1S/C11H23N3O3/c1-4-8(2)9(14-11(12)16)10(15)13-6-5-7-17-3/h8-9H,4-7H2,1-3H3,(H,13,15)(H3,12,14,16). The van der Waals surface area contributed by atoms with E-state index in [0.717, 1.165) is 12.8 Å². The van der Waals surface area contributed by atoms with Gasteiger partial charge in [-0.25, -0.2) is 4.79 Å². The first-order chi connectivity index (χ1) is 8.02. The van der Waals surface area contributed by atoms with Crippen LogP contribution in [-0.4, -0.2) is 38.2 Å². The summed E-state index contributed by atoms with van der Waals surface area (Å²) in [6.45, 7) is 4.98. The van der Waals surface area contributed by atoms with E-state index in [-0.39, 0.29) is 11.8 Å². The number of carbonyl (C=O) groups is 2. The lowest BCUT2D eigenvalue weighted by Gasteiger charge is -2.22. The van der Waals surface area contributed by atoms with Gasteiger partial charge in [0.05, 0.1) is 0 Å². The van der Waals surface area contributed by atoms with Crippen molar-refractivity contribution in [3.05, 3.63) is 0 Å². The maximum Gasteiger partial charge on any atom is 0.312 e. The van der Waals surface area contributed by atoms with Crippen LogP contribution in [0.4, 0.5) is 4.79 Å². The second kappa shape index (κ2) is 8.81. The lowest BCUT2D eigenvalue weighted by Crippen LogP contribution is -2.52. The third kappa shape index (κ3) is 6.78. The van der Waals surface area contributed by atoms with Crippen LogP contribution in [0.3, 0.4) is 0 Å². The summed E-state index contributed by atoms with van der Waals surface area (Å²) < 4.78 is 4.88. The Labute approximate surface area is 102 Å². The largest absolute Gasteiger partial charge is 0.385 e.